The van der Waals surface area contributed by atoms with Crippen molar-refractivity contribution in [3.63, 3.8) is 0 Å². The van der Waals surface area contributed by atoms with E-state index in [1.165, 1.54) is 13.2 Å². The molecule has 0 aromatic heterocycles. The van der Waals surface area contributed by atoms with Crippen LogP contribution in [0.4, 0.5) is 13.2 Å². The fourth-order valence-corrected chi connectivity index (χ4v) is 6.30. The lowest BCUT2D eigenvalue weighted by Gasteiger charge is -2.40. The minimum atomic E-state index is -4.44. The lowest BCUT2D eigenvalue weighted by molar-refractivity contribution is -0.150. The quantitative estimate of drug-likeness (QED) is 0.519. The van der Waals surface area contributed by atoms with Crippen LogP contribution >= 0.6 is 0 Å². The van der Waals surface area contributed by atoms with Gasteiger partial charge in [0.05, 0.1) is 30.6 Å². The number of benzene rings is 1. The van der Waals surface area contributed by atoms with Crippen molar-refractivity contribution in [2.24, 2.45) is 17.3 Å². The summed E-state index contributed by atoms with van der Waals surface area (Å²) in [6.07, 6.45) is 1.41. The van der Waals surface area contributed by atoms with Crippen LogP contribution in [-0.4, -0.2) is 54.6 Å². The van der Waals surface area contributed by atoms with E-state index in [1.54, 1.807) is 4.90 Å². The number of carbonyl (C=O) groups excluding carboxylic acids is 2. The monoisotopic (exact) mass is 510 g/mol. The van der Waals surface area contributed by atoms with Gasteiger partial charge < -0.3 is 19.3 Å². The molecule has 2 atom stereocenters. The number of nitrogens with zero attached hydrogens (tertiary/aromatic N) is 2. The van der Waals surface area contributed by atoms with Gasteiger partial charge in [0.2, 0.25) is 5.91 Å². The first kappa shape index (κ1) is 26.8. The van der Waals surface area contributed by atoms with E-state index in [9.17, 15) is 22.8 Å². The van der Waals surface area contributed by atoms with Gasteiger partial charge in [0.15, 0.2) is 6.73 Å². The largest absolute Gasteiger partial charge is 0.473 e. The number of carbonyl (C=O) groups is 2. The van der Waals surface area contributed by atoms with Crippen LogP contribution in [0, 0.1) is 17.3 Å². The minimum Gasteiger partial charge on any atom is -0.473 e. The molecule has 4 rings (SSSR count). The first-order valence-electron chi connectivity index (χ1n) is 13.0. The van der Waals surface area contributed by atoms with Gasteiger partial charge in [-0.3, -0.25) is 9.59 Å². The summed E-state index contributed by atoms with van der Waals surface area (Å²) in [6, 6.07) is 3.73. The van der Waals surface area contributed by atoms with E-state index in [-0.39, 0.29) is 43.0 Å². The van der Waals surface area contributed by atoms with Gasteiger partial charge in [-0.2, -0.15) is 13.2 Å². The number of alkyl halides is 3. The lowest BCUT2D eigenvalue weighted by atomic mass is 9.74. The maximum absolute atomic E-state index is 13.9. The van der Waals surface area contributed by atoms with E-state index in [2.05, 4.69) is 18.7 Å². The van der Waals surface area contributed by atoms with Crippen molar-refractivity contribution in [3.05, 3.63) is 29.3 Å². The SMILES string of the molecule is COC(=O)C1CCCN([C@@H]2CC[C@@](C(=O)N3COc4ccc(C(F)(F)F)cc4C3)(C(C)C)C2)CCC1. The smallest absolute Gasteiger partial charge is 0.416 e. The van der Waals surface area contributed by atoms with E-state index < -0.39 is 17.2 Å². The molecule has 1 saturated heterocycles. The number of amides is 1. The molecule has 6 nitrogen and oxygen atoms in total. The molecule has 2 heterocycles. The van der Waals surface area contributed by atoms with Crippen molar-refractivity contribution in [2.45, 2.75) is 77.6 Å². The van der Waals surface area contributed by atoms with Crippen molar-refractivity contribution in [1.82, 2.24) is 9.80 Å². The second-order valence-electron chi connectivity index (χ2n) is 10.8. The summed E-state index contributed by atoms with van der Waals surface area (Å²) in [5.74, 6) is 0.316. The number of methoxy groups -OCH3 is 1. The molecule has 0 unspecified atom stereocenters. The fourth-order valence-electron chi connectivity index (χ4n) is 6.30. The number of hydrogen-bond donors (Lipinski definition) is 0. The molecular formula is C27H37F3N2O4. The van der Waals surface area contributed by atoms with E-state index in [4.69, 9.17) is 9.47 Å². The number of fused-ring (bicyclic) bond motifs is 1. The van der Waals surface area contributed by atoms with Crippen LogP contribution in [0.3, 0.4) is 0 Å². The Hall–Kier alpha value is -2.29. The zero-order chi connectivity index (χ0) is 26.1. The number of ether oxygens (including phenoxy) is 2. The Morgan fingerprint density at radius 1 is 1.14 bits per heavy atom. The predicted molar refractivity (Wildman–Crippen MR) is 128 cm³/mol. The molecular weight excluding hydrogens is 473 g/mol. The Balaban J connectivity index is 1.45. The van der Waals surface area contributed by atoms with Crippen LogP contribution in [0.1, 0.15) is 69.9 Å². The predicted octanol–water partition coefficient (Wildman–Crippen LogP) is 5.24. The van der Waals surface area contributed by atoms with E-state index in [0.29, 0.717) is 11.3 Å². The van der Waals surface area contributed by atoms with Gasteiger partial charge >= 0.3 is 12.1 Å². The Labute approximate surface area is 211 Å². The van der Waals surface area contributed by atoms with Gasteiger partial charge in [0, 0.05) is 11.6 Å². The summed E-state index contributed by atoms with van der Waals surface area (Å²) in [7, 11) is 1.44. The van der Waals surface area contributed by atoms with Gasteiger partial charge in [0.25, 0.3) is 0 Å². The van der Waals surface area contributed by atoms with Crippen LogP contribution in [0.2, 0.25) is 0 Å². The third-order valence-electron chi connectivity index (χ3n) is 8.51. The standard InChI is InChI=1S/C27H37F3N2O4/c1-18(2)26(11-10-22(15-26)31-12-4-6-19(7-5-13-31)24(33)35-3)25(34)32-16-20-14-21(27(28,29)30)8-9-23(20)36-17-32/h8-9,14,18-19,22H,4-7,10-13,15-17H2,1-3H3/t22-,26+/m1/s1. The highest BCUT2D eigenvalue weighted by Gasteiger charge is 2.51. The van der Waals surface area contributed by atoms with E-state index >= 15 is 0 Å². The first-order chi connectivity index (χ1) is 17.0. The zero-order valence-electron chi connectivity index (χ0n) is 21.4. The Morgan fingerprint density at radius 3 is 2.44 bits per heavy atom. The molecule has 0 spiro atoms. The molecule has 200 valence electrons. The average Bonchev–Trinajstić information content (AvgIpc) is 3.28. The Bertz CT molecular complexity index is 957. The number of hydrogen-bond acceptors (Lipinski definition) is 5. The van der Waals surface area contributed by atoms with Gasteiger partial charge in [-0.05, 0) is 82.2 Å². The number of likely N-dealkylation sites (tertiary alicyclic amines) is 1. The van der Waals surface area contributed by atoms with Crippen LogP contribution in [0.15, 0.2) is 18.2 Å². The number of rotatable bonds is 4. The molecule has 9 heteroatoms. The topological polar surface area (TPSA) is 59.1 Å². The van der Waals surface area contributed by atoms with Gasteiger partial charge in [-0.25, -0.2) is 0 Å². The lowest BCUT2D eigenvalue weighted by Crippen LogP contribution is -2.49. The molecule has 2 aliphatic heterocycles. The number of halogens is 3. The normalized spacial score (nSPS) is 26.2. The van der Waals surface area contributed by atoms with Crippen LogP contribution in [-0.2, 0) is 27.0 Å². The summed E-state index contributed by atoms with van der Waals surface area (Å²) in [5.41, 5.74) is -0.906. The van der Waals surface area contributed by atoms with Gasteiger partial charge in [-0.15, -0.1) is 0 Å². The summed E-state index contributed by atoms with van der Waals surface area (Å²) >= 11 is 0. The van der Waals surface area contributed by atoms with Crippen LogP contribution in [0.25, 0.3) is 0 Å². The van der Waals surface area contributed by atoms with Gasteiger partial charge in [0.1, 0.15) is 5.75 Å². The highest BCUT2D eigenvalue weighted by molar-refractivity contribution is 5.83. The van der Waals surface area contributed by atoms with Crippen molar-refractivity contribution in [3.8, 4) is 5.75 Å². The molecule has 1 saturated carbocycles. The highest BCUT2D eigenvalue weighted by Crippen LogP contribution is 2.48. The number of esters is 1. The second-order valence-corrected chi connectivity index (χ2v) is 10.8. The third kappa shape index (κ3) is 5.36. The molecule has 0 radical (unpaired) electrons. The molecule has 1 amide bonds. The molecule has 1 aliphatic carbocycles. The van der Waals surface area contributed by atoms with Crippen molar-refractivity contribution in [2.75, 3.05) is 26.9 Å². The highest BCUT2D eigenvalue weighted by atomic mass is 19.4. The summed E-state index contributed by atoms with van der Waals surface area (Å²) in [4.78, 5) is 29.9. The van der Waals surface area contributed by atoms with Crippen molar-refractivity contribution in [1.29, 1.82) is 0 Å². The summed E-state index contributed by atoms with van der Waals surface area (Å²) in [5, 5.41) is 0. The fraction of sp³-hybridized carbons (Fsp3) is 0.704. The Kier molecular flexibility index (Phi) is 7.88. The van der Waals surface area contributed by atoms with Crippen molar-refractivity contribution >= 4 is 11.9 Å². The summed E-state index contributed by atoms with van der Waals surface area (Å²) < 4.78 is 50.3. The molecule has 2 fully saturated rings. The molecule has 1 aromatic carbocycles. The molecule has 1 aromatic rings. The first-order valence-corrected chi connectivity index (χ1v) is 13.0. The van der Waals surface area contributed by atoms with E-state index in [0.717, 1.165) is 70.2 Å². The average molecular weight is 511 g/mol. The molecule has 36 heavy (non-hydrogen) atoms. The van der Waals surface area contributed by atoms with E-state index in [1.807, 2.05) is 0 Å². The Morgan fingerprint density at radius 2 is 1.83 bits per heavy atom. The molecule has 0 N–H and O–H groups in total. The summed E-state index contributed by atoms with van der Waals surface area (Å²) in [6.45, 7) is 6.08. The van der Waals surface area contributed by atoms with Crippen LogP contribution < -0.4 is 4.74 Å². The maximum Gasteiger partial charge on any atom is 0.416 e. The van der Waals surface area contributed by atoms with Gasteiger partial charge in [-0.1, -0.05) is 13.8 Å². The second kappa shape index (κ2) is 10.6. The minimum absolute atomic E-state index is 0.0270. The zero-order valence-corrected chi connectivity index (χ0v) is 21.4. The molecule has 0 bridgehead atoms. The molecule has 3 aliphatic rings. The van der Waals surface area contributed by atoms with Crippen molar-refractivity contribution < 1.29 is 32.2 Å². The maximum atomic E-state index is 13.9. The third-order valence-corrected chi connectivity index (χ3v) is 8.51. The van der Waals surface area contributed by atoms with Crippen LogP contribution in [0.5, 0.6) is 5.75 Å².